The van der Waals surface area contributed by atoms with Crippen LogP contribution in [0.5, 0.6) is 5.75 Å². The third-order valence-corrected chi connectivity index (χ3v) is 7.18. The minimum atomic E-state index is -0.338. The average Bonchev–Trinajstić information content (AvgIpc) is 2.85. The molecule has 0 spiro atoms. The molecule has 2 aromatic heterocycles. The van der Waals surface area contributed by atoms with E-state index >= 15 is 0 Å². The molecular weight excluding hydrogens is 473 g/mol. The molecule has 1 saturated heterocycles. The number of benzene rings is 2. The Morgan fingerprint density at radius 3 is 2.56 bits per heavy atom. The van der Waals surface area contributed by atoms with Gasteiger partial charge in [0.1, 0.15) is 11.6 Å². The van der Waals surface area contributed by atoms with Gasteiger partial charge in [-0.1, -0.05) is 47.3 Å². The van der Waals surface area contributed by atoms with Crippen LogP contribution >= 0.6 is 11.6 Å². The third-order valence-electron chi connectivity index (χ3n) is 6.86. The van der Waals surface area contributed by atoms with E-state index in [1.54, 1.807) is 13.0 Å². The van der Waals surface area contributed by atoms with E-state index in [1.807, 2.05) is 18.3 Å². The fourth-order valence-corrected chi connectivity index (χ4v) is 5.30. The number of fused-ring (bicyclic) bond motifs is 1. The lowest BCUT2D eigenvalue weighted by atomic mass is 9.98. The van der Waals surface area contributed by atoms with E-state index in [2.05, 4.69) is 42.3 Å². The molecule has 0 radical (unpaired) electrons. The van der Waals surface area contributed by atoms with Gasteiger partial charge in [-0.2, -0.15) is 0 Å². The molecule has 6 heteroatoms. The van der Waals surface area contributed by atoms with Crippen molar-refractivity contribution in [2.24, 2.45) is 0 Å². The van der Waals surface area contributed by atoms with Gasteiger partial charge in [0, 0.05) is 28.8 Å². The standard InChI is InChI=1S/C30H31ClFN3O/c1-18-12-19(2)14-21(13-18)25-17-34-29-16-26(31)23(28-8-7-27(32)20(3)35-28)15-24(29)30(25)36-11-9-22-6-4-5-10-33-22/h7-8,12-17,22,33H,4-6,9-11H2,1-3H3/t22-/m1/s1. The van der Waals surface area contributed by atoms with Crippen LogP contribution in [0.4, 0.5) is 4.39 Å². The fraction of sp³-hybridized carbons (Fsp3) is 0.333. The summed E-state index contributed by atoms with van der Waals surface area (Å²) < 4.78 is 20.5. The zero-order chi connectivity index (χ0) is 25.2. The summed E-state index contributed by atoms with van der Waals surface area (Å²) in [5.74, 6) is 0.451. The van der Waals surface area contributed by atoms with Gasteiger partial charge in [-0.15, -0.1) is 0 Å². The van der Waals surface area contributed by atoms with Crippen LogP contribution in [0.25, 0.3) is 33.3 Å². The van der Waals surface area contributed by atoms with E-state index in [0.29, 0.717) is 29.1 Å². The smallest absolute Gasteiger partial charge is 0.144 e. The van der Waals surface area contributed by atoms with Crippen molar-refractivity contribution in [3.63, 3.8) is 0 Å². The Morgan fingerprint density at radius 1 is 1.03 bits per heavy atom. The first-order chi connectivity index (χ1) is 17.4. The summed E-state index contributed by atoms with van der Waals surface area (Å²) in [5, 5.41) is 4.99. The Kier molecular flexibility index (Phi) is 7.22. The number of nitrogens with one attached hydrogen (secondary N) is 1. The molecule has 0 aliphatic carbocycles. The van der Waals surface area contributed by atoms with Crippen LogP contribution in [0.1, 0.15) is 42.5 Å². The zero-order valence-electron chi connectivity index (χ0n) is 21.0. The predicted molar refractivity (Wildman–Crippen MR) is 145 cm³/mol. The highest BCUT2D eigenvalue weighted by Crippen LogP contribution is 2.40. The van der Waals surface area contributed by atoms with E-state index in [4.69, 9.17) is 21.3 Å². The Hall–Kier alpha value is -3.02. The molecule has 1 N–H and O–H groups in total. The van der Waals surface area contributed by atoms with Crippen molar-refractivity contribution in [3.8, 4) is 28.1 Å². The molecule has 36 heavy (non-hydrogen) atoms. The maximum absolute atomic E-state index is 13.9. The van der Waals surface area contributed by atoms with Gasteiger partial charge in [0.2, 0.25) is 0 Å². The van der Waals surface area contributed by atoms with Gasteiger partial charge in [-0.25, -0.2) is 4.39 Å². The molecule has 0 amide bonds. The van der Waals surface area contributed by atoms with Gasteiger partial charge in [-0.05, 0) is 76.4 Å². The summed E-state index contributed by atoms with van der Waals surface area (Å²) in [5.41, 5.74) is 6.82. The molecule has 1 atom stereocenters. The van der Waals surface area contributed by atoms with Crippen LogP contribution in [-0.2, 0) is 0 Å². The molecule has 0 saturated carbocycles. The Labute approximate surface area is 216 Å². The molecule has 186 valence electrons. The number of ether oxygens (including phenoxy) is 1. The van der Waals surface area contributed by atoms with Crippen LogP contribution in [0.2, 0.25) is 5.02 Å². The second-order valence-electron chi connectivity index (χ2n) is 9.77. The minimum absolute atomic E-state index is 0.335. The van der Waals surface area contributed by atoms with E-state index in [-0.39, 0.29) is 5.82 Å². The molecular formula is C30H31ClFN3O. The van der Waals surface area contributed by atoms with E-state index in [9.17, 15) is 4.39 Å². The Bertz CT molecular complexity index is 1400. The van der Waals surface area contributed by atoms with Crippen molar-refractivity contribution in [1.29, 1.82) is 0 Å². The first-order valence-electron chi connectivity index (χ1n) is 12.6. The maximum atomic E-state index is 13.9. The first-order valence-corrected chi connectivity index (χ1v) is 13.0. The van der Waals surface area contributed by atoms with Gasteiger partial charge in [0.25, 0.3) is 0 Å². The number of aryl methyl sites for hydroxylation is 3. The summed E-state index contributed by atoms with van der Waals surface area (Å²) in [7, 11) is 0. The summed E-state index contributed by atoms with van der Waals surface area (Å²) in [6.07, 6.45) is 6.50. The number of piperidine rings is 1. The minimum Gasteiger partial charge on any atom is -0.492 e. The molecule has 4 aromatic rings. The number of aromatic nitrogens is 2. The molecule has 5 rings (SSSR count). The molecule has 2 aromatic carbocycles. The highest BCUT2D eigenvalue weighted by Gasteiger charge is 2.18. The van der Waals surface area contributed by atoms with Crippen molar-refractivity contribution in [2.45, 2.75) is 52.5 Å². The van der Waals surface area contributed by atoms with Gasteiger partial charge in [0.05, 0.1) is 28.5 Å². The summed E-state index contributed by atoms with van der Waals surface area (Å²) in [4.78, 5) is 9.18. The summed E-state index contributed by atoms with van der Waals surface area (Å²) in [6.45, 7) is 7.52. The van der Waals surface area contributed by atoms with E-state index in [1.165, 1.54) is 36.5 Å². The van der Waals surface area contributed by atoms with E-state index in [0.717, 1.165) is 46.3 Å². The normalized spacial score (nSPS) is 15.9. The van der Waals surface area contributed by atoms with Crippen molar-refractivity contribution < 1.29 is 9.13 Å². The van der Waals surface area contributed by atoms with Crippen LogP contribution in [0.15, 0.2) is 48.7 Å². The highest BCUT2D eigenvalue weighted by atomic mass is 35.5. The van der Waals surface area contributed by atoms with Crippen molar-refractivity contribution >= 4 is 22.5 Å². The second-order valence-corrected chi connectivity index (χ2v) is 10.2. The lowest BCUT2D eigenvalue weighted by Gasteiger charge is -2.24. The number of hydrogen-bond donors (Lipinski definition) is 1. The lowest BCUT2D eigenvalue weighted by Crippen LogP contribution is -2.35. The first kappa shape index (κ1) is 24.7. The Morgan fingerprint density at radius 2 is 1.83 bits per heavy atom. The number of hydrogen-bond acceptors (Lipinski definition) is 4. The number of nitrogens with zero attached hydrogens (tertiary/aromatic N) is 2. The largest absolute Gasteiger partial charge is 0.492 e. The van der Waals surface area contributed by atoms with Crippen LogP contribution in [-0.4, -0.2) is 29.2 Å². The highest BCUT2D eigenvalue weighted by molar-refractivity contribution is 6.34. The van der Waals surface area contributed by atoms with E-state index < -0.39 is 0 Å². The molecule has 0 unspecified atom stereocenters. The summed E-state index contributed by atoms with van der Waals surface area (Å²) in [6, 6.07) is 13.9. The van der Waals surface area contributed by atoms with Gasteiger partial charge in [-0.3, -0.25) is 9.97 Å². The Balaban J connectivity index is 1.62. The van der Waals surface area contributed by atoms with Crippen molar-refractivity contribution in [3.05, 3.63) is 76.3 Å². The number of rotatable bonds is 6. The zero-order valence-corrected chi connectivity index (χ0v) is 21.8. The van der Waals surface area contributed by atoms with Crippen LogP contribution in [0, 0.1) is 26.6 Å². The molecule has 1 aliphatic heterocycles. The lowest BCUT2D eigenvalue weighted by molar-refractivity contribution is 0.271. The molecule has 1 fully saturated rings. The van der Waals surface area contributed by atoms with Gasteiger partial charge in [0.15, 0.2) is 0 Å². The molecule has 4 nitrogen and oxygen atoms in total. The van der Waals surface area contributed by atoms with Crippen molar-refractivity contribution in [2.75, 3.05) is 13.2 Å². The van der Waals surface area contributed by atoms with Gasteiger partial charge < -0.3 is 10.1 Å². The average molecular weight is 504 g/mol. The quantitative estimate of drug-likeness (QED) is 0.294. The van der Waals surface area contributed by atoms with Crippen molar-refractivity contribution in [1.82, 2.24) is 15.3 Å². The topological polar surface area (TPSA) is 47.0 Å². The van der Waals surface area contributed by atoms with Gasteiger partial charge >= 0.3 is 0 Å². The van der Waals surface area contributed by atoms with Crippen LogP contribution in [0.3, 0.4) is 0 Å². The predicted octanol–water partition coefficient (Wildman–Crippen LogP) is 7.59. The molecule has 0 bridgehead atoms. The SMILES string of the molecule is Cc1cc(C)cc(-c2cnc3cc(Cl)c(-c4ccc(F)c(C)n4)cc3c2OCC[C@H]2CCCCN2)c1. The molecule has 1 aliphatic rings. The third kappa shape index (κ3) is 5.23. The van der Waals surface area contributed by atoms with Crippen LogP contribution < -0.4 is 10.1 Å². The fourth-order valence-electron chi connectivity index (χ4n) is 5.04. The summed E-state index contributed by atoms with van der Waals surface area (Å²) >= 11 is 6.66. The molecule has 3 heterocycles. The monoisotopic (exact) mass is 503 g/mol. The number of pyridine rings is 2. The second kappa shape index (κ2) is 10.5. The number of halogens is 2. The maximum Gasteiger partial charge on any atom is 0.144 e.